The quantitative estimate of drug-likeness (QED) is 0.787. The van der Waals surface area contributed by atoms with Crippen LogP contribution >= 0.6 is 27.3 Å². The molecule has 0 radical (unpaired) electrons. The van der Waals surface area contributed by atoms with Crippen LogP contribution in [0.15, 0.2) is 35.1 Å². The third-order valence-electron chi connectivity index (χ3n) is 3.76. The number of pyridine rings is 1. The summed E-state index contributed by atoms with van der Waals surface area (Å²) < 4.78 is 0.783. The fourth-order valence-corrected chi connectivity index (χ4v) is 3.73. The van der Waals surface area contributed by atoms with Gasteiger partial charge in [-0.2, -0.15) is 0 Å². The van der Waals surface area contributed by atoms with Gasteiger partial charge in [-0.25, -0.2) is 0 Å². The van der Waals surface area contributed by atoms with E-state index in [2.05, 4.69) is 20.9 Å². The number of carbonyl (C=O) groups is 2. The average molecular weight is 394 g/mol. The van der Waals surface area contributed by atoms with Gasteiger partial charge in [0.05, 0.1) is 10.4 Å². The molecule has 7 heteroatoms. The maximum Gasteiger partial charge on any atom is 0.264 e. The minimum atomic E-state index is -0.0436. The largest absolute Gasteiger partial charge is 0.335 e. The first-order chi connectivity index (χ1) is 11.0. The molecule has 5 nitrogen and oxygen atoms in total. The highest BCUT2D eigenvalue weighted by molar-refractivity contribution is 9.10. The zero-order valence-corrected chi connectivity index (χ0v) is 15.1. The highest BCUT2D eigenvalue weighted by Gasteiger charge is 2.26. The predicted molar refractivity (Wildman–Crippen MR) is 92.8 cm³/mol. The van der Waals surface area contributed by atoms with Crippen LogP contribution in [-0.4, -0.2) is 52.8 Å². The summed E-state index contributed by atoms with van der Waals surface area (Å²) in [5, 5.41) is 0. The topological polar surface area (TPSA) is 53.5 Å². The van der Waals surface area contributed by atoms with E-state index in [1.807, 2.05) is 24.0 Å². The molecule has 2 amide bonds. The van der Waals surface area contributed by atoms with E-state index in [4.69, 9.17) is 0 Å². The Balaban J connectivity index is 1.62. The molecule has 1 aliphatic rings. The molecule has 0 bridgehead atoms. The summed E-state index contributed by atoms with van der Waals surface area (Å²) in [7, 11) is 0. The number of aromatic nitrogens is 1. The summed E-state index contributed by atoms with van der Waals surface area (Å²) in [4.78, 5) is 34.4. The summed E-state index contributed by atoms with van der Waals surface area (Å²) >= 11 is 4.84. The van der Waals surface area contributed by atoms with Gasteiger partial charge in [0.25, 0.3) is 11.8 Å². The fourth-order valence-electron chi connectivity index (χ4n) is 2.53. The lowest BCUT2D eigenvalue weighted by Gasteiger charge is -2.34. The molecule has 0 N–H and O–H groups in total. The average Bonchev–Trinajstić information content (AvgIpc) is 3.00. The van der Waals surface area contributed by atoms with Crippen LogP contribution in [0.25, 0.3) is 0 Å². The van der Waals surface area contributed by atoms with E-state index >= 15 is 0 Å². The number of amides is 2. The Morgan fingerprint density at radius 3 is 2.30 bits per heavy atom. The molecule has 1 fully saturated rings. The van der Waals surface area contributed by atoms with Gasteiger partial charge >= 0.3 is 0 Å². The first-order valence-electron chi connectivity index (χ1n) is 7.30. The van der Waals surface area contributed by atoms with Gasteiger partial charge in [-0.1, -0.05) is 0 Å². The molecular weight excluding hydrogens is 378 g/mol. The number of piperazine rings is 1. The third kappa shape index (κ3) is 3.61. The fraction of sp³-hybridized carbons (Fsp3) is 0.312. The van der Waals surface area contributed by atoms with E-state index in [1.54, 1.807) is 23.4 Å². The van der Waals surface area contributed by atoms with Gasteiger partial charge in [-0.3, -0.25) is 14.6 Å². The Labute approximate surface area is 147 Å². The second kappa shape index (κ2) is 6.80. The van der Waals surface area contributed by atoms with Crippen LogP contribution in [0.3, 0.4) is 0 Å². The Morgan fingerprint density at radius 2 is 1.74 bits per heavy atom. The van der Waals surface area contributed by atoms with E-state index < -0.39 is 0 Å². The minimum Gasteiger partial charge on any atom is -0.335 e. The summed E-state index contributed by atoms with van der Waals surface area (Å²) in [6, 6.07) is 5.59. The zero-order valence-electron chi connectivity index (χ0n) is 12.7. The Kier molecular flexibility index (Phi) is 4.77. The highest BCUT2D eigenvalue weighted by Crippen LogP contribution is 2.19. The highest BCUT2D eigenvalue weighted by atomic mass is 79.9. The van der Waals surface area contributed by atoms with Crippen LogP contribution in [0.5, 0.6) is 0 Å². The van der Waals surface area contributed by atoms with Gasteiger partial charge in [0.1, 0.15) is 0 Å². The van der Waals surface area contributed by atoms with Gasteiger partial charge in [0.2, 0.25) is 0 Å². The van der Waals surface area contributed by atoms with Crippen LogP contribution in [-0.2, 0) is 0 Å². The van der Waals surface area contributed by atoms with E-state index in [9.17, 15) is 9.59 Å². The first kappa shape index (κ1) is 16.1. The Bertz CT molecular complexity index is 738. The Hall–Kier alpha value is -1.73. The molecular formula is C16H16BrN3O2S. The van der Waals surface area contributed by atoms with Gasteiger partial charge in [-0.15, -0.1) is 11.3 Å². The van der Waals surface area contributed by atoms with E-state index in [0.29, 0.717) is 31.7 Å². The lowest BCUT2D eigenvalue weighted by Crippen LogP contribution is -2.50. The van der Waals surface area contributed by atoms with Crippen molar-refractivity contribution in [2.75, 3.05) is 26.2 Å². The molecule has 3 rings (SSSR count). The zero-order chi connectivity index (χ0) is 16.4. The molecule has 3 heterocycles. The molecule has 0 unspecified atom stereocenters. The smallest absolute Gasteiger partial charge is 0.264 e. The molecule has 23 heavy (non-hydrogen) atoms. The molecule has 0 spiro atoms. The van der Waals surface area contributed by atoms with Crippen molar-refractivity contribution in [2.45, 2.75) is 6.92 Å². The number of carbonyl (C=O) groups excluding carboxylic acids is 2. The van der Waals surface area contributed by atoms with Crippen LogP contribution < -0.4 is 0 Å². The summed E-state index contributed by atoms with van der Waals surface area (Å²) in [5.74, 6) is 0.0113. The van der Waals surface area contributed by atoms with E-state index in [-0.39, 0.29) is 11.8 Å². The van der Waals surface area contributed by atoms with Crippen molar-refractivity contribution in [3.63, 3.8) is 0 Å². The number of hydrogen-bond donors (Lipinski definition) is 0. The predicted octanol–water partition coefficient (Wildman–Crippen LogP) is 2.81. The van der Waals surface area contributed by atoms with Crippen molar-refractivity contribution in [3.8, 4) is 0 Å². The van der Waals surface area contributed by atoms with E-state index in [1.165, 1.54) is 11.3 Å². The van der Waals surface area contributed by atoms with E-state index in [0.717, 1.165) is 14.2 Å². The van der Waals surface area contributed by atoms with Crippen LogP contribution in [0.1, 0.15) is 24.9 Å². The number of thiophene rings is 1. The van der Waals surface area contributed by atoms with Gasteiger partial charge in [0, 0.05) is 47.9 Å². The molecule has 2 aromatic rings. The second-order valence-electron chi connectivity index (χ2n) is 5.39. The van der Waals surface area contributed by atoms with Crippen molar-refractivity contribution in [1.29, 1.82) is 0 Å². The van der Waals surface area contributed by atoms with Gasteiger partial charge in [0.15, 0.2) is 0 Å². The Morgan fingerprint density at radius 1 is 1.09 bits per heavy atom. The molecule has 0 aromatic carbocycles. The van der Waals surface area contributed by atoms with Crippen molar-refractivity contribution in [2.24, 2.45) is 0 Å². The minimum absolute atomic E-state index is 0.0436. The van der Waals surface area contributed by atoms with Crippen LogP contribution in [0.4, 0.5) is 0 Å². The van der Waals surface area contributed by atoms with Crippen molar-refractivity contribution >= 4 is 39.1 Å². The maximum absolute atomic E-state index is 12.5. The lowest BCUT2D eigenvalue weighted by atomic mass is 10.2. The van der Waals surface area contributed by atoms with Crippen molar-refractivity contribution in [3.05, 3.63) is 50.4 Å². The molecule has 1 aliphatic heterocycles. The second-order valence-corrected chi connectivity index (χ2v) is 7.59. The van der Waals surface area contributed by atoms with Crippen molar-refractivity contribution in [1.82, 2.24) is 14.8 Å². The molecule has 0 atom stereocenters. The number of halogens is 1. The molecule has 1 saturated heterocycles. The van der Waals surface area contributed by atoms with Gasteiger partial charge < -0.3 is 9.80 Å². The van der Waals surface area contributed by atoms with Gasteiger partial charge in [-0.05, 0) is 41.1 Å². The molecule has 0 saturated carbocycles. The number of hydrogen-bond acceptors (Lipinski definition) is 4. The maximum atomic E-state index is 12.5. The van der Waals surface area contributed by atoms with Crippen molar-refractivity contribution < 1.29 is 9.59 Å². The SMILES string of the molecule is Cc1ccc(C(=O)N2CCN(C(=O)c3cncc(Br)c3)CC2)s1. The van der Waals surface area contributed by atoms with Crippen LogP contribution in [0.2, 0.25) is 0 Å². The summed E-state index contributed by atoms with van der Waals surface area (Å²) in [5.41, 5.74) is 0.563. The summed E-state index contributed by atoms with van der Waals surface area (Å²) in [6.07, 6.45) is 3.22. The normalized spacial score (nSPS) is 14.9. The number of rotatable bonds is 2. The number of aryl methyl sites for hydroxylation is 1. The standard InChI is InChI=1S/C16H16BrN3O2S/c1-11-2-3-14(23-11)16(22)20-6-4-19(5-7-20)15(21)12-8-13(17)10-18-9-12/h2-3,8-10H,4-7H2,1H3. The molecule has 120 valence electrons. The summed E-state index contributed by atoms with van der Waals surface area (Å²) in [6.45, 7) is 4.19. The monoisotopic (exact) mass is 393 g/mol. The third-order valence-corrected chi connectivity index (χ3v) is 5.18. The lowest BCUT2D eigenvalue weighted by molar-refractivity contribution is 0.0538. The first-order valence-corrected chi connectivity index (χ1v) is 8.91. The number of nitrogens with zero attached hydrogens (tertiary/aromatic N) is 3. The molecule has 2 aromatic heterocycles. The molecule has 0 aliphatic carbocycles. The van der Waals surface area contributed by atoms with Crippen LogP contribution in [0, 0.1) is 6.92 Å².